The van der Waals surface area contributed by atoms with Gasteiger partial charge in [0.2, 0.25) is 0 Å². The average molecular weight is 284 g/mol. The van der Waals surface area contributed by atoms with Crippen LogP contribution in [-0.2, 0) is 9.53 Å². The van der Waals surface area contributed by atoms with Gasteiger partial charge in [-0.3, -0.25) is 0 Å². The van der Waals surface area contributed by atoms with Crippen molar-refractivity contribution in [3.63, 3.8) is 0 Å². The molecule has 0 saturated carbocycles. The Morgan fingerprint density at radius 1 is 1.14 bits per heavy atom. The number of halogens is 1. The van der Waals surface area contributed by atoms with E-state index in [2.05, 4.69) is 6.58 Å². The van der Waals surface area contributed by atoms with Crippen molar-refractivity contribution in [3.8, 4) is 0 Å². The number of ether oxygens (including phenoxy) is 1. The number of benzene rings is 2. The van der Waals surface area contributed by atoms with E-state index in [1.54, 1.807) is 19.1 Å². The monoisotopic (exact) mass is 284 g/mol. The number of carbonyl (C=O) groups excluding carboxylic acids is 1. The molecule has 1 unspecified atom stereocenters. The fourth-order valence-electron chi connectivity index (χ4n) is 1.95. The highest BCUT2D eigenvalue weighted by Gasteiger charge is 2.19. The van der Waals surface area contributed by atoms with Crippen molar-refractivity contribution in [2.75, 3.05) is 0 Å². The normalized spacial score (nSPS) is 11.8. The Morgan fingerprint density at radius 3 is 2.38 bits per heavy atom. The van der Waals surface area contributed by atoms with Crippen LogP contribution in [0.5, 0.6) is 0 Å². The maximum atomic E-state index is 13.4. The van der Waals surface area contributed by atoms with Crippen molar-refractivity contribution in [1.29, 1.82) is 0 Å². The molecular weight excluding hydrogens is 267 g/mol. The van der Waals surface area contributed by atoms with Crippen LogP contribution in [-0.4, -0.2) is 5.97 Å². The van der Waals surface area contributed by atoms with Crippen LogP contribution in [0.15, 0.2) is 60.7 Å². The molecule has 0 bridgehead atoms. The molecule has 21 heavy (non-hydrogen) atoms. The summed E-state index contributed by atoms with van der Waals surface area (Å²) >= 11 is 0. The molecule has 1 atom stereocenters. The van der Waals surface area contributed by atoms with Crippen LogP contribution in [0.2, 0.25) is 0 Å². The molecule has 0 aromatic heterocycles. The van der Waals surface area contributed by atoms with Gasteiger partial charge < -0.3 is 4.74 Å². The van der Waals surface area contributed by atoms with E-state index in [1.165, 1.54) is 12.1 Å². The summed E-state index contributed by atoms with van der Waals surface area (Å²) in [4.78, 5) is 11.8. The zero-order valence-corrected chi connectivity index (χ0v) is 12.1. The lowest BCUT2D eigenvalue weighted by molar-refractivity contribution is -0.142. The van der Waals surface area contributed by atoms with Crippen LogP contribution in [0.1, 0.15) is 29.7 Å². The summed E-state index contributed by atoms with van der Waals surface area (Å²) in [5.41, 5.74) is 2.79. The van der Waals surface area contributed by atoms with E-state index in [0.717, 1.165) is 11.1 Å². The quantitative estimate of drug-likeness (QED) is 0.616. The third-order valence-electron chi connectivity index (χ3n) is 3.10. The maximum Gasteiger partial charge on any atom is 0.334 e. The zero-order valence-electron chi connectivity index (χ0n) is 12.1. The van der Waals surface area contributed by atoms with Crippen molar-refractivity contribution in [2.24, 2.45) is 0 Å². The number of aryl methyl sites for hydroxylation is 1. The molecular formula is C18H17FO2. The van der Waals surface area contributed by atoms with Crippen LogP contribution in [0.4, 0.5) is 4.39 Å². The van der Waals surface area contributed by atoms with Crippen LogP contribution in [0.3, 0.4) is 0 Å². The third-order valence-corrected chi connectivity index (χ3v) is 3.10. The van der Waals surface area contributed by atoms with E-state index in [-0.39, 0.29) is 5.82 Å². The summed E-state index contributed by atoms with van der Waals surface area (Å²) in [6.45, 7) is 7.14. The highest BCUT2D eigenvalue weighted by molar-refractivity contribution is 5.87. The lowest BCUT2D eigenvalue weighted by Gasteiger charge is -2.19. The minimum atomic E-state index is -0.648. The molecule has 0 saturated heterocycles. The fourth-order valence-corrected chi connectivity index (χ4v) is 1.95. The van der Waals surface area contributed by atoms with Crippen molar-refractivity contribution in [3.05, 3.63) is 83.2 Å². The Bertz CT molecular complexity index is 659. The van der Waals surface area contributed by atoms with E-state index in [9.17, 15) is 9.18 Å². The molecule has 108 valence electrons. The Kier molecular flexibility index (Phi) is 4.53. The first-order valence-electron chi connectivity index (χ1n) is 6.66. The summed E-state index contributed by atoms with van der Waals surface area (Å²) in [5, 5.41) is 0. The molecule has 0 aliphatic heterocycles. The number of hydrogen-bond donors (Lipinski definition) is 0. The largest absolute Gasteiger partial charge is 0.449 e. The fraction of sp³-hybridized carbons (Fsp3) is 0.167. The number of carbonyl (C=O) groups is 1. The standard InChI is InChI=1S/C18H17FO2/c1-12(2)18(20)21-17(14-9-7-13(3)8-10-14)15-5-4-6-16(19)11-15/h4-11,17H,1H2,2-3H3. The van der Waals surface area contributed by atoms with Gasteiger partial charge >= 0.3 is 5.97 Å². The van der Waals surface area contributed by atoms with Gasteiger partial charge in [-0.15, -0.1) is 0 Å². The van der Waals surface area contributed by atoms with Gasteiger partial charge in [0.15, 0.2) is 6.10 Å². The molecule has 0 aliphatic carbocycles. The number of esters is 1. The maximum absolute atomic E-state index is 13.4. The first kappa shape index (κ1) is 15.0. The van der Waals surface area contributed by atoms with E-state index in [0.29, 0.717) is 11.1 Å². The van der Waals surface area contributed by atoms with Gasteiger partial charge in [-0.1, -0.05) is 48.5 Å². The average Bonchev–Trinajstić information content (AvgIpc) is 2.45. The topological polar surface area (TPSA) is 26.3 Å². The molecule has 0 amide bonds. The summed E-state index contributed by atoms with van der Waals surface area (Å²) in [7, 11) is 0. The van der Waals surface area contributed by atoms with Crippen molar-refractivity contribution < 1.29 is 13.9 Å². The van der Waals surface area contributed by atoms with Gasteiger partial charge in [-0.2, -0.15) is 0 Å². The Morgan fingerprint density at radius 2 is 1.81 bits per heavy atom. The molecule has 2 aromatic rings. The molecule has 0 spiro atoms. The molecule has 0 radical (unpaired) electrons. The smallest absolute Gasteiger partial charge is 0.334 e. The van der Waals surface area contributed by atoms with Crippen molar-refractivity contribution in [1.82, 2.24) is 0 Å². The Hall–Kier alpha value is -2.42. The second-order valence-corrected chi connectivity index (χ2v) is 5.03. The van der Waals surface area contributed by atoms with Gasteiger partial charge in [0, 0.05) is 5.57 Å². The summed E-state index contributed by atoms with van der Waals surface area (Å²) in [6.07, 6.45) is -0.648. The summed E-state index contributed by atoms with van der Waals surface area (Å²) in [5.74, 6) is -0.860. The molecule has 0 fully saturated rings. The lowest BCUT2D eigenvalue weighted by atomic mass is 10.00. The van der Waals surface area contributed by atoms with E-state index in [4.69, 9.17) is 4.74 Å². The molecule has 2 nitrogen and oxygen atoms in total. The predicted octanol–water partition coefficient (Wildman–Crippen LogP) is 4.34. The lowest BCUT2D eigenvalue weighted by Crippen LogP contribution is -2.13. The molecule has 0 aliphatic rings. The molecule has 2 rings (SSSR count). The van der Waals surface area contributed by atoms with Gasteiger partial charge in [0.05, 0.1) is 0 Å². The SMILES string of the molecule is C=C(C)C(=O)OC(c1ccc(C)cc1)c1cccc(F)c1. The Labute approximate surface area is 123 Å². The summed E-state index contributed by atoms with van der Waals surface area (Å²) in [6, 6.07) is 13.7. The number of rotatable bonds is 4. The van der Waals surface area contributed by atoms with Crippen molar-refractivity contribution >= 4 is 5.97 Å². The molecule has 3 heteroatoms. The van der Waals surface area contributed by atoms with E-state index in [1.807, 2.05) is 31.2 Å². The minimum absolute atomic E-state index is 0.309. The van der Waals surface area contributed by atoms with E-state index >= 15 is 0 Å². The van der Waals surface area contributed by atoms with Crippen LogP contribution < -0.4 is 0 Å². The predicted molar refractivity (Wildman–Crippen MR) is 80.3 cm³/mol. The second-order valence-electron chi connectivity index (χ2n) is 5.03. The van der Waals surface area contributed by atoms with Gasteiger partial charge in [0.1, 0.15) is 5.82 Å². The van der Waals surface area contributed by atoms with Crippen molar-refractivity contribution in [2.45, 2.75) is 20.0 Å². The summed E-state index contributed by atoms with van der Waals surface area (Å²) < 4.78 is 18.9. The van der Waals surface area contributed by atoms with Gasteiger partial charge in [-0.05, 0) is 37.1 Å². The minimum Gasteiger partial charge on any atom is -0.449 e. The van der Waals surface area contributed by atoms with Gasteiger partial charge in [-0.25, -0.2) is 9.18 Å². The first-order chi connectivity index (χ1) is 9.97. The number of hydrogen-bond acceptors (Lipinski definition) is 2. The van der Waals surface area contributed by atoms with Gasteiger partial charge in [0.25, 0.3) is 0 Å². The van der Waals surface area contributed by atoms with Crippen LogP contribution >= 0.6 is 0 Å². The third kappa shape index (κ3) is 3.78. The molecule has 0 heterocycles. The van der Waals surface area contributed by atoms with Crippen LogP contribution in [0, 0.1) is 12.7 Å². The second kappa shape index (κ2) is 6.35. The molecule has 0 N–H and O–H groups in total. The first-order valence-corrected chi connectivity index (χ1v) is 6.66. The highest BCUT2D eigenvalue weighted by Crippen LogP contribution is 2.27. The Balaban J connectivity index is 2.41. The zero-order chi connectivity index (χ0) is 15.4. The molecule has 2 aromatic carbocycles. The van der Waals surface area contributed by atoms with Crippen LogP contribution in [0.25, 0.3) is 0 Å². The highest BCUT2D eigenvalue weighted by atomic mass is 19.1. The van der Waals surface area contributed by atoms with E-state index < -0.39 is 12.1 Å².